The van der Waals surface area contributed by atoms with Gasteiger partial charge in [-0.2, -0.15) is 13.2 Å². The summed E-state index contributed by atoms with van der Waals surface area (Å²) >= 11 is 3.26. The van der Waals surface area contributed by atoms with Crippen LogP contribution < -0.4 is 4.74 Å². The molecule has 2 rings (SSSR count). The van der Waals surface area contributed by atoms with Crippen LogP contribution in [0.5, 0.6) is 5.75 Å². The molecule has 3 nitrogen and oxygen atoms in total. The summed E-state index contributed by atoms with van der Waals surface area (Å²) in [5.74, 6) is -0.0764. The number of benzene rings is 1. The van der Waals surface area contributed by atoms with Crippen LogP contribution in [0.15, 0.2) is 16.6 Å². The van der Waals surface area contributed by atoms with Crippen molar-refractivity contribution in [2.45, 2.75) is 12.6 Å². The molecule has 104 valence electrons. The number of carbonyl (C=O) groups is 1. The zero-order valence-corrected chi connectivity index (χ0v) is 11.3. The Balaban J connectivity index is 2.08. The minimum Gasteiger partial charge on any atom is -0.492 e. The predicted octanol–water partition coefficient (Wildman–Crippen LogP) is 3.15. The van der Waals surface area contributed by atoms with Gasteiger partial charge in [-0.25, -0.2) is 0 Å². The summed E-state index contributed by atoms with van der Waals surface area (Å²) in [6.07, 6.45) is -3.76. The van der Waals surface area contributed by atoms with Crippen molar-refractivity contribution in [3.8, 4) is 5.75 Å². The molecule has 0 fully saturated rings. The third kappa shape index (κ3) is 3.70. The zero-order chi connectivity index (χ0) is 14.0. The van der Waals surface area contributed by atoms with Crippen molar-refractivity contribution >= 4 is 21.7 Å². The zero-order valence-electron chi connectivity index (χ0n) is 9.72. The van der Waals surface area contributed by atoms with Gasteiger partial charge in [0.2, 0.25) is 0 Å². The van der Waals surface area contributed by atoms with Crippen molar-refractivity contribution in [2.24, 2.45) is 0 Å². The van der Waals surface area contributed by atoms with E-state index in [2.05, 4.69) is 20.7 Å². The van der Waals surface area contributed by atoms with Crippen LogP contribution in [0.4, 0.5) is 13.2 Å². The Morgan fingerprint density at radius 2 is 2.16 bits per heavy atom. The highest BCUT2D eigenvalue weighted by Crippen LogP contribution is 2.33. The summed E-state index contributed by atoms with van der Waals surface area (Å²) in [4.78, 5) is 11.8. The number of alkyl halides is 3. The Bertz CT molecular complexity index is 500. The van der Waals surface area contributed by atoms with E-state index in [4.69, 9.17) is 4.74 Å². The molecule has 0 saturated heterocycles. The number of ketones is 1. The lowest BCUT2D eigenvalue weighted by Gasteiger charge is -2.10. The summed E-state index contributed by atoms with van der Waals surface area (Å²) in [5, 5.41) is 0. The van der Waals surface area contributed by atoms with E-state index in [9.17, 15) is 18.0 Å². The second-order valence-corrected chi connectivity index (χ2v) is 4.99. The SMILES string of the molecule is O=C(COCC(F)(F)F)c1cc(Br)cc2c1OCC2. The maximum absolute atomic E-state index is 11.9. The van der Waals surface area contributed by atoms with Gasteiger partial charge in [-0.1, -0.05) is 15.9 Å². The summed E-state index contributed by atoms with van der Waals surface area (Å²) < 4.78 is 46.2. The number of Topliss-reactive ketones (excluding diaryl/α,β-unsaturated/α-hetero) is 1. The third-order valence-corrected chi connectivity index (χ3v) is 3.01. The molecule has 0 N–H and O–H groups in total. The van der Waals surface area contributed by atoms with Crippen LogP contribution in [0.1, 0.15) is 15.9 Å². The van der Waals surface area contributed by atoms with E-state index >= 15 is 0 Å². The first-order valence-electron chi connectivity index (χ1n) is 5.50. The second kappa shape index (κ2) is 5.50. The molecule has 0 bridgehead atoms. The minimum absolute atomic E-state index is 0.254. The summed E-state index contributed by atoms with van der Waals surface area (Å²) in [7, 11) is 0. The van der Waals surface area contributed by atoms with Gasteiger partial charge >= 0.3 is 6.18 Å². The van der Waals surface area contributed by atoms with Gasteiger partial charge in [-0.3, -0.25) is 4.79 Å². The highest BCUT2D eigenvalue weighted by atomic mass is 79.9. The Morgan fingerprint density at radius 3 is 2.84 bits per heavy atom. The molecule has 1 heterocycles. The van der Waals surface area contributed by atoms with Crippen molar-refractivity contribution in [2.75, 3.05) is 19.8 Å². The molecule has 0 saturated carbocycles. The molecular weight excluding hydrogens is 329 g/mol. The quantitative estimate of drug-likeness (QED) is 0.791. The Kier molecular flexibility index (Phi) is 4.15. The van der Waals surface area contributed by atoms with Gasteiger partial charge in [0.05, 0.1) is 12.2 Å². The number of carbonyl (C=O) groups excluding carboxylic acids is 1. The van der Waals surface area contributed by atoms with Gasteiger partial charge in [-0.05, 0) is 17.7 Å². The van der Waals surface area contributed by atoms with Crippen LogP contribution in [0, 0.1) is 0 Å². The Hall–Kier alpha value is -1.08. The van der Waals surface area contributed by atoms with E-state index < -0.39 is 25.2 Å². The van der Waals surface area contributed by atoms with Gasteiger partial charge < -0.3 is 9.47 Å². The first kappa shape index (κ1) is 14.3. The van der Waals surface area contributed by atoms with Gasteiger partial charge in [0.15, 0.2) is 5.78 Å². The number of fused-ring (bicyclic) bond motifs is 1. The lowest BCUT2D eigenvalue weighted by molar-refractivity contribution is -0.170. The normalized spacial score (nSPS) is 14.1. The maximum Gasteiger partial charge on any atom is 0.411 e. The first-order chi connectivity index (χ1) is 8.87. The fourth-order valence-electron chi connectivity index (χ4n) is 1.81. The average Bonchev–Trinajstić information content (AvgIpc) is 2.73. The van der Waals surface area contributed by atoms with E-state index in [1.165, 1.54) is 6.07 Å². The summed E-state index contributed by atoms with van der Waals surface area (Å²) in [6.45, 7) is -1.59. The number of rotatable bonds is 4. The maximum atomic E-state index is 11.9. The van der Waals surface area contributed by atoms with Crippen molar-refractivity contribution in [1.29, 1.82) is 0 Å². The number of hydrogen-bond acceptors (Lipinski definition) is 3. The molecule has 1 aliphatic heterocycles. The molecule has 1 aliphatic rings. The largest absolute Gasteiger partial charge is 0.492 e. The molecule has 7 heteroatoms. The fourth-order valence-corrected chi connectivity index (χ4v) is 2.32. The molecule has 0 aromatic heterocycles. The molecule has 0 atom stereocenters. The monoisotopic (exact) mass is 338 g/mol. The van der Waals surface area contributed by atoms with Crippen LogP contribution in [-0.2, 0) is 11.2 Å². The van der Waals surface area contributed by atoms with Crippen LogP contribution in [-0.4, -0.2) is 31.8 Å². The fraction of sp³-hybridized carbons (Fsp3) is 0.417. The summed E-state index contributed by atoms with van der Waals surface area (Å²) in [6, 6.07) is 3.36. The van der Waals surface area contributed by atoms with Crippen LogP contribution in [0.2, 0.25) is 0 Å². The Labute approximate surface area is 115 Å². The highest BCUT2D eigenvalue weighted by Gasteiger charge is 2.28. The van der Waals surface area contributed by atoms with Crippen molar-refractivity contribution in [1.82, 2.24) is 0 Å². The van der Waals surface area contributed by atoms with Gasteiger partial charge in [-0.15, -0.1) is 0 Å². The van der Waals surface area contributed by atoms with E-state index in [1.54, 1.807) is 0 Å². The molecule has 0 radical (unpaired) electrons. The average molecular weight is 339 g/mol. The number of hydrogen-bond donors (Lipinski definition) is 0. The van der Waals surface area contributed by atoms with Gasteiger partial charge in [0.1, 0.15) is 19.0 Å². The Morgan fingerprint density at radius 1 is 1.42 bits per heavy atom. The van der Waals surface area contributed by atoms with Gasteiger partial charge in [0.25, 0.3) is 0 Å². The predicted molar refractivity (Wildman–Crippen MR) is 64.5 cm³/mol. The topological polar surface area (TPSA) is 35.5 Å². The molecule has 0 aliphatic carbocycles. The molecule has 0 amide bonds. The number of halogens is 4. The molecule has 1 aromatic rings. The smallest absolute Gasteiger partial charge is 0.411 e. The van der Waals surface area contributed by atoms with E-state index in [-0.39, 0.29) is 5.56 Å². The van der Waals surface area contributed by atoms with E-state index in [1.807, 2.05) is 6.07 Å². The molecule has 1 aromatic carbocycles. The standard InChI is InChI=1S/C12H10BrF3O3/c13-8-3-7-1-2-19-11(7)9(4-8)10(17)5-18-6-12(14,15)16/h3-4H,1-2,5-6H2. The second-order valence-electron chi connectivity index (χ2n) is 4.07. The van der Waals surface area contributed by atoms with Crippen molar-refractivity contribution in [3.05, 3.63) is 27.7 Å². The lowest BCUT2D eigenvalue weighted by Crippen LogP contribution is -2.20. The van der Waals surface area contributed by atoms with Crippen molar-refractivity contribution in [3.63, 3.8) is 0 Å². The molecular formula is C12H10BrF3O3. The minimum atomic E-state index is -4.43. The van der Waals surface area contributed by atoms with Gasteiger partial charge in [0, 0.05) is 10.9 Å². The van der Waals surface area contributed by atoms with Crippen LogP contribution >= 0.6 is 15.9 Å². The molecule has 19 heavy (non-hydrogen) atoms. The van der Waals surface area contributed by atoms with Crippen LogP contribution in [0.3, 0.4) is 0 Å². The molecule has 0 spiro atoms. The highest BCUT2D eigenvalue weighted by molar-refractivity contribution is 9.10. The number of ether oxygens (including phenoxy) is 2. The molecule has 0 unspecified atom stereocenters. The van der Waals surface area contributed by atoms with E-state index in [0.29, 0.717) is 23.2 Å². The lowest BCUT2D eigenvalue weighted by atomic mass is 10.1. The van der Waals surface area contributed by atoms with E-state index in [0.717, 1.165) is 5.56 Å². The van der Waals surface area contributed by atoms with Crippen LogP contribution in [0.25, 0.3) is 0 Å². The summed E-state index contributed by atoms with van der Waals surface area (Å²) in [5.41, 5.74) is 1.12. The first-order valence-corrected chi connectivity index (χ1v) is 6.29. The van der Waals surface area contributed by atoms with Crippen molar-refractivity contribution < 1.29 is 27.4 Å². The third-order valence-electron chi connectivity index (χ3n) is 2.55.